The van der Waals surface area contributed by atoms with Crippen molar-refractivity contribution in [3.05, 3.63) is 0 Å². The van der Waals surface area contributed by atoms with Crippen LogP contribution in [0.2, 0.25) is 6.32 Å². The minimum Gasteiger partial charge on any atom is -0.320 e. The zero-order chi connectivity index (χ0) is 6.86. The van der Waals surface area contributed by atoms with E-state index in [9.17, 15) is 0 Å². The molecule has 0 unspecified atom stereocenters. The molecule has 1 spiro atoms. The Bertz CT molecular complexity index is 110. The minimum atomic E-state index is 0.623. The molecule has 56 valence electrons. The van der Waals surface area contributed by atoms with Gasteiger partial charge < -0.3 is 5.32 Å². The molecule has 1 saturated heterocycles. The highest BCUT2D eigenvalue weighted by molar-refractivity contribution is 6.37. The standard InChI is InChI=1S/C8H16BN/c1-2-4-8(5-3-1)6-9-7-10-8/h9-10H,1-7H2. The molecular weight excluding hydrogens is 121 g/mol. The van der Waals surface area contributed by atoms with Gasteiger partial charge in [0.2, 0.25) is 0 Å². The summed E-state index contributed by atoms with van der Waals surface area (Å²) in [5.74, 6) is 0. The zero-order valence-corrected chi connectivity index (χ0v) is 6.66. The first-order valence-electron chi connectivity index (χ1n) is 4.66. The van der Waals surface area contributed by atoms with Gasteiger partial charge in [0, 0.05) is 5.54 Å². The van der Waals surface area contributed by atoms with E-state index in [2.05, 4.69) is 5.32 Å². The monoisotopic (exact) mass is 137 g/mol. The molecule has 0 radical (unpaired) electrons. The largest absolute Gasteiger partial charge is 0.320 e. The Hall–Kier alpha value is 0.0249. The van der Waals surface area contributed by atoms with Gasteiger partial charge >= 0.3 is 0 Å². The second-order valence-corrected chi connectivity index (χ2v) is 3.87. The van der Waals surface area contributed by atoms with Gasteiger partial charge in [-0.3, -0.25) is 0 Å². The van der Waals surface area contributed by atoms with E-state index >= 15 is 0 Å². The van der Waals surface area contributed by atoms with E-state index in [0.717, 1.165) is 0 Å². The third-order valence-corrected chi connectivity index (χ3v) is 3.14. The molecule has 10 heavy (non-hydrogen) atoms. The predicted molar refractivity (Wildman–Crippen MR) is 45.8 cm³/mol. The lowest BCUT2D eigenvalue weighted by molar-refractivity contribution is 0.281. The van der Waals surface area contributed by atoms with Gasteiger partial charge in [0.25, 0.3) is 0 Å². The summed E-state index contributed by atoms with van der Waals surface area (Å²) in [4.78, 5) is 0. The molecule has 1 aliphatic heterocycles. The van der Waals surface area contributed by atoms with Crippen molar-refractivity contribution in [2.75, 3.05) is 6.44 Å². The Morgan fingerprint density at radius 3 is 2.50 bits per heavy atom. The maximum atomic E-state index is 3.67. The van der Waals surface area contributed by atoms with E-state index in [1.165, 1.54) is 52.1 Å². The van der Waals surface area contributed by atoms with Crippen LogP contribution in [0.25, 0.3) is 0 Å². The highest BCUT2D eigenvalue weighted by atomic mass is 15.0. The average Bonchev–Trinajstić information content (AvgIpc) is 2.39. The second kappa shape index (κ2) is 2.57. The summed E-state index contributed by atoms with van der Waals surface area (Å²) in [5.41, 5.74) is 0.623. The van der Waals surface area contributed by atoms with Crippen LogP contribution in [0.3, 0.4) is 0 Å². The molecule has 1 heterocycles. The van der Waals surface area contributed by atoms with E-state index in [1.807, 2.05) is 0 Å². The highest BCUT2D eigenvalue weighted by Crippen LogP contribution is 2.33. The molecule has 1 saturated carbocycles. The molecule has 1 nitrogen and oxygen atoms in total. The second-order valence-electron chi connectivity index (χ2n) is 3.87. The topological polar surface area (TPSA) is 12.0 Å². The van der Waals surface area contributed by atoms with Crippen molar-refractivity contribution in [3.63, 3.8) is 0 Å². The molecule has 0 bridgehead atoms. The van der Waals surface area contributed by atoms with Gasteiger partial charge in [-0.15, -0.1) is 0 Å². The number of hydrogen-bond donors (Lipinski definition) is 1. The molecule has 0 aromatic rings. The van der Waals surface area contributed by atoms with Crippen molar-refractivity contribution >= 4 is 7.28 Å². The minimum absolute atomic E-state index is 0.623. The van der Waals surface area contributed by atoms with E-state index in [0.29, 0.717) is 5.54 Å². The van der Waals surface area contributed by atoms with Crippen LogP contribution >= 0.6 is 0 Å². The quantitative estimate of drug-likeness (QED) is 0.493. The molecule has 0 atom stereocenters. The predicted octanol–water partition coefficient (Wildman–Crippen LogP) is 1.10. The maximum Gasteiger partial charge on any atom is 0.139 e. The molecule has 0 aromatic heterocycles. The average molecular weight is 137 g/mol. The fraction of sp³-hybridized carbons (Fsp3) is 1.00. The fourth-order valence-corrected chi connectivity index (χ4v) is 2.52. The first kappa shape index (κ1) is 6.72. The van der Waals surface area contributed by atoms with Crippen LogP contribution in [0.4, 0.5) is 0 Å². The van der Waals surface area contributed by atoms with Gasteiger partial charge in [-0.1, -0.05) is 25.6 Å². The Labute approximate surface area is 63.8 Å². The van der Waals surface area contributed by atoms with Gasteiger partial charge in [-0.25, -0.2) is 0 Å². The van der Waals surface area contributed by atoms with E-state index in [-0.39, 0.29) is 0 Å². The van der Waals surface area contributed by atoms with Gasteiger partial charge in [0.15, 0.2) is 0 Å². The van der Waals surface area contributed by atoms with Crippen molar-refractivity contribution in [1.82, 2.24) is 5.32 Å². The first-order chi connectivity index (χ1) is 4.91. The van der Waals surface area contributed by atoms with Gasteiger partial charge in [0.1, 0.15) is 7.28 Å². The normalized spacial score (nSPS) is 30.4. The summed E-state index contributed by atoms with van der Waals surface area (Å²) in [5, 5.41) is 3.67. The molecule has 2 rings (SSSR count). The number of nitrogens with one attached hydrogen (secondary N) is 1. The van der Waals surface area contributed by atoms with Crippen LogP contribution in [-0.4, -0.2) is 19.3 Å². The molecule has 1 aliphatic carbocycles. The molecule has 1 N–H and O–H groups in total. The van der Waals surface area contributed by atoms with Crippen molar-refractivity contribution in [3.8, 4) is 0 Å². The van der Waals surface area contributed by atoms with Crippen molar-refractivity contribution in [2.24, 2.45) is 0 Å². The summed E-state index contributed by atoms with van der Waals surface area (Å²) in [6.07, 6.45) is 10.0. The Morgan fingerprint density at radius 1 is 1.10 bits per heavy atom. The van der Waals surface area contributed by atoms with Gasteiger partial charge in [-0.05, 0) is 19.3 Å². The summed E-state index contributed by atoms with van der Waals surface area (Å²) >= 11 is 0. The lowest BCUT2D eigenvalue weighted by Gasteiger charge is -2.33. The van der Waals surface area contributed by atoms with Crippen LogP contribution in [0, 0.1) is 0 Å². The van der Waals surface area contributed by atoms with Crippen molar-refractivity contribution in [1.29, 1.82) is 0 Å². The van der Waals surface area contributed by atoms with Gasteiger partial charge in [-0.2, -0.15) is 0 Å². The summed E-state index contributed by atoms with van der Waals surface area (Å²) in [6.45, 7) is 0. The Balaban J connectivity index is 1.98. The third-order valence-electron chi connectivity index (χ3n) is 3.14. The summed E-state index contributed by atoms with van der Waals surface area (Å²) < 4.78 is 0. The molecule has 2 heteroatoms. The lowest BCUT2D eigenvalue weighted by atomic mass is 9.68. The van der Waals surface area contributed by atoms with E-state index in [4.69, 9.17) is 0 Å². The van der Waals surface area contributed by atoms with E-state index < -0.39 is 0 Å². The maximum absolute atomic E-state index is 3.67. The third kappa shape index (κ3) is 1.09. The van der Waals surface area contributed by atoms with Gasteiger partial charge in [0.05, 0.1) is 0 Å². The molecule has 0 amide bonds. The number of hydrogen-bond acceptors (Lipinski definition) is 1. The van der Waals surface area contributed by atoms with Crippen LogP contribution in [-0.2, 0) is 0 Å². The van der Waals surface area contributed by atoms with Crippen molar-refractivity contribution < 1.29 is 0 Å². The Morgan fingerprint density at radius 2 is 1.90 bits per heavy atom. The molecular formula is C8H16BN. The first-order valence-corrected chi connectivity index (χ1v) is 4.66. The Kier molecular flexibility index (Phi) is 1.73. The summed E-state index contributed by atoms with van der Waals surface area (Å²) in [6, 6.07) is 0. The number of rotatable bonds is 0. The lowest BCUT2D eigenvalue weighted by Crippen LogP contribution is -2.40. The SMILES string of the molecule is B1CNC2(C1)CCCCC2. The van der Waals surface area contributed by atoms with E-state index in [1.54, 1.807) is 0 Å². The molecule has 0 aromatic carbocycles. The van der Waals surface area contributed by atoms with Crippen molar-refractivity contribution in [2.45, 2.75) is 44.0 Å². The smallest absolute Gasteiger partial charge is 0.139 e. The summed E-state index contributed by atoms with van der Waals surface area (Å²) in [7, 11) is 1.42. The molecule has 2 aliphatic rings. The molecule has 2 fully saturated rings. The zero-order valence-electron chi connectivity index (χ0n) is 6.66. The van der Waals surface area contributed by atoms with Crippen LogP contribution in [0.5, 0.6) is 0 Å². The van der Waals surface area contributed by atoms with Crippen LogP contribution in [0.1, 0.15) is 32.1 Å². The van der Waals surface area contributed by atoms with Crippen LogP contribution < -0.4 is 5.32 Å². The van der Waals surface area contributed by atoms with Crippen LogP contribution in [0.15, 0.2) is 0 Å². The highest BCUT2D eigenvalue weighted by Gasteiger charge is 2.34. The fourth-order valence-electron chi connectivity index (χ4n) is 2.52.